The molecule has 2 aromatic rings. The molecule has 1 aromatic carbocycles. The van der Waals surface area contributed by atoms with Gasteiger partial charge in [0.2, 0.25) is 0 Å². The van der Waals surface area contributed by atoms with Gasteiger partial charge in [-0.25, -0.2) is 4.68 Å². The molecular formula is C16H18Cl3N3O2. The molecule has 0 amide bonds. The Balaban J connectivity index is 0.00000208. The molecule has 0 saturated carbocycles. The van der Waals surface area contributed by atoms with Gasteiger partial charge in [0.25, 0.3) is 5.56 Å². The summed E-state index contributed by atoms with van der Waals surface area (Å²) in [7, 11) is 0. The first-order valence-corrected chi connectivity index (χ1v) is 8.20. The van der Waals surface area contributed by atoms with Gasteiger partial charge in [0.05, 0.1) is 29.3 Å². The van der Waals surface area contributed by atoms with Crippen molar-refractivity contribution in [3.8, 4) is 0 Å². The van der Waals surface area contributed by atoms with Gasteiger partial charge in [0, 0.05) is 31.3 Å². The van der Waals surface area contributed by atoms with Crippen molar-refractivity contribution in [2.24, 2.45) is 0 Å². The van der Waals surface area contributed by atoms with Gasteiger partial charge in [-0.2, -0.15) is 5.10 Å². The SMILES string of the molecule is Cl.O=c1cccnn1C[C@H]1OCCNC[C@H]1c1ccc(Cl)c(Cl)c1. The van der Waals surface area contributed by atoms with Crippen LogP contribution in [0, 0.1) is 0 Å². The molecule has 2 atom stereocenters. The molecule has 1 N–H and O–H groups in total. The van der Waals surface area contributed by atoms with E-state index in [-0.39, 0.29) is 30.0 Å². The van der Waals surface area contributed by atoms with Crippen LogP contribution < -0.4 is 10.9 Å². The highest BCUT2D eigenvalue weighted by Crippen LogP contribution is 2.30. The van der Waals surface area contributed by atoms with Gasteiger partial charge in [0.15, 0.2) is 0 Å². The third kappa shape index (κ3) is 4.49. The monoisotopic (exact) mass is 389 g/mol. The van der Waals surface area contributed by atoms with Crippen LogP contribution in [0.15, 0.2) is 41.3 Å². The smallest absolute Gasteiger partial charge is 0.266 e. The molecule has 5 nitrogen and oxygen atoms in total. The lowest BCUT2D eigenvalue weighted by molar-refractivity contribution is 0.0364. The minimum Gasteiger partial charge on any atom is -0.374 e. The molecule has 1 aromatic heterocycles. The summed E-state index contributed by atoms with van der Waals surface area (Å²) in [5.74, 6) is 0.0566. The van der Waals surface area contributed by atoms with E-state index < -0.39 is 0 Å². The van der Waals surface area contributed by atoms with Crippen molar-refractivity contribution in [3.05, 3.63) is 62.5 Å². The van der Waals surface area contributed by atoms with Crippen molar-refractivity contribution >= 4 is 35.6 Å². The van der Waals surface area contributed by atoms with Crippen LogP contribution >= 0.6 is 35.6 Å². The number of nitrogens with one attached hydrogen (secondary N) is 1. The van der Waals surface area contributed by atoms with Crippen LogP contribution in [0.25, 0.3) is 0 Å². The predicted molar refractivity (Wildman–Crippen MR) is 97.6 cm³/mol. The second-order valence-electron chi connectivity index (χ2n) is 5.44. The number of aromatic nitrogens is 2. The van der Waals surface area contributed by atoms with Crippen molar-refractivity contribution in [1.82, 2.24) is 15.1 Å². The van der Waals surface area contributed by atoms with Crippen LogP contribution in [0.5, 0.6) is 0 Å². The van der Waals surface area contributed by atoms with Crippen molar-refractivity contribution in [3.63, 3.8) is 0 Å². The number of benzene rings is 1. The second-order valence-corrected chi connectivity index (χ2v) is 6.25. The average molecular weight is 391 g/mol. The van der Waals surface area contributed by atoms with Gasteiger partial charge in [-0.3, -0.25) is 4.79 Å². The zero-order chi connectivity index (χ0) is 16.2. The fraction of sp³-hybridized carbons (Fsp3) is 0.375. The second kappa shape index (κ2) is 8.83. The highest BCUT2D eigenvalue weighted by atomic mass is 35.5. The molecule has 2 heterocycles. The molecule has 0 aliphatic carbocycles. The Kier molecular flexibility index (Phi) is 7.07. The fourth-order valence-electron chi connectivity index (χ4n) is 2.74. The first-order chi connectivity index (χ1) is 11.1. The van der Waals surface area contributed by atoms with Crippen LogP contribution in [0.3, 0.4) is 0 Å². The number of hydrogen-bond acceptors (Lipinski definition) is 4. The van der Waals surface area contributed by atoms with Crippen molar-refractivity contribution in [2.45, 2.75) is 18.6 Å². The lowest BCUT2D eigenvalue weighted by Crippen LogP contribution is -2.35. The van der Waals surface area contributed by atoms with Crippen molar-refractivity contribution in [1.29, 1.82) is 0 Å². The maximum Gasteiger partial charge on any atom is 0.266 e. The van der Waals surface area contributed by atoms with E-state index in [1.807, 2.05) is 12.1 Å². The summed E-state index contributed by atoms with van der Waals surface area (Å²) in [4.78, 5) is 11.9. The molecule has 0 unspecified atom stereocenters. The lowest BCUT2D eigenvalue weighted by Gasteiger charge is -2.25. The summed E-state index contributed by atoms with van der Waals surface area (Å²) in [5.41, 5.74) is 0.893. The Morgan fingerprint density at radius 3 is 2.88 bits per heavy atom. The molecule has 1 saturated heterocycles. The fourth-order valence-corrected chi connectivity index (χ4v) is 3.04. The zero-order valence-electron chi connectivity index (χ0n) is 12.8. The topological polar surface area (TPSA) is 56.2 Å². The highest BCUT2D eigenvalue weighted by molar-refractivity contribution is 6.42. The number of ether oxygens (including phenoxy) is 1. The normalized spacial score (nSPS) is 20.9. The van der Waals surface area contributed by atoms with Crippen LogP contribution in [0.2, 0.25) is 10.0 Å². The molecule has 8 heteroatoms. The zero-order valence-corrected chi connectivity index (χ0v) is 15.2. The molecule has 0 radical (unpaired) electrons. The Labute approximate surface area is 156 Å². The molecule has 130 valence electrons. The Morgan fingerprint density at radius 1 is 1.29 bits per heavy atom. The number of rotatable bonds is 3. The summed E-state index contributed by atoms with van der Waals surface area (Å²) in [6.45, 7) is 2.49. The number of halogens is 3. The molecule has 1 aliphatic heterocycles. The summed E-state index contributed by atoms with van der Waals surface area (Å²) in [5, 5.41) is 8.51. The van der Waals surface area contributed by atoms with Gasteiger partial charge < -0.3 is 10.1 Å². The molecule has 0 spiro atoms. The maximum atomic E-state index is 11.9. The minimum atomic E-state index is -0.171. The summed E-state index contributed by atoms with van der Waals surface area (Å²) in [6, 6.07) is 8.72. The molecule has 1 fully saturated rings. The summed E-state index contributed by atoms with van der Waals surface area (Å²) in [6.07, 6.45) is 1.43. The molecular weight excluding hydrogens is 373 g/mol. The molecule has 24 heavy (non-hydrogen) atoms. The van der Waals surface area contributed by atoms with E-state index in [0.717, 1.165) is 18.7 Å². The molecule has 0 bridgehead atoms. The number of hydrogen-bond donors (Lipinski definition) is 1. The van der Waals surface area contributed by atoms with E-state index in [4.69, 9.17) is 27.9 Å². The van der Waals surface area contributed by atoms with Gasteiger partial charge >= 0.3 is 0 Å². The molecule has 1 aliphatic rings. The highest BCUT2D eigenvalue weighted by Gasteiger charge is 2.27. The first-order valence-electron chi connectivity index (χ1n) is 7.44. The van der Waals surface area contributed by atoms with Gasteiger partial charge in [-0.15, -0.1) is 12.4 Å². The van der Waals surface area contributed by atoms with Crippen LogP contribution in [-0.2, 0) is 11.3 Å². The van der Waals surface area contributed by atoms with Gasteiger partial charge in [-0.05, 0) is 23.8 Å². The maximum absolute atomic E-state index is 11.9. The van der Waals surface area contributed by atoms with E-state index in [0.29, 0.717) is 23.2 Å². The predicted octanol–water partition coefficient (Wildman–Crippen LogP) is 2.74. The minimum absolute atomic E-state index is 0. The van der Waals surface area contributed by atoms with Gasteiger partial charge in [-0.1, -0.05) is 29.3 Å². The van der Waals surface area contributed by atoms with E-state index in [1.165, 1.54) is 10.7 Å². The van der Waals surface area contributed by atoms with Crippen molar-refractivity contribution in [2.75, 3.05) is 19.7 Å². The molecule has 3 rings (SSSR count). The third-order valence-corrected chi connectivity index (χ3v) is 4.67. The van der Waals surface area contributed by atoms with Crippen molar-refractivity contribution < 1.29 is 4.74 Å². The Morgan fingerprint density at radius 2 is 2.12 bits per heavy atom. The van der Waals surface area contributed by atoms with E-state index >= 15 is 0 Å². The Hall–Kier alpha value is -1.11. The van der Waals surface area contributed by atoms with E-state index in [9.17, 15) is 4.79 Å². The van der Waals surface area contributed by atoms with Crippen LogP contribution in [0.4, 0.5) is 0 Å². The standard InChI is InChI=1S/C16H17Cl2N3O2.ClH/c17-13-4-3-11(8-14(13)18)12-9-19-6-7-23-15(12)10-21-16(22)2-1-5-20-21;/h1-5,8,12,15,19H,6-7,9-10H2;1H/t12-,15+;/m0./s1. The van der Waals surface area contributed by atoms with E-state index in [2.05, 4.69) is 10.4 Å². The quantitative estimate of drug-likeness (QED) is 0.875. The summed E-state index contributed by atoms with van der Waals surface area (Å²) >= 11 is 12.2. The lowest BCUT2D eigenvalue weighted by atomic mass is 9.93. The Bertz CT molecular complexity index is 739. The average Bonchev–Trinajstić information content (AvgIpc) is 2.78. The van der Waals surface area contributed by atoms with Gasteiger partial charge in [0.1, 0.15) is 0 Å². The first kappa shape index (κ1) is 19.2. The van der Waals surface area contributed by atoms with Crippen LogP contribution in [0.1, 0.15) is 11.5 Å². The van der Waals surface area contributed by atoms with E-state index in [1.54, 1.807) is 18.3 Å². The van der Waals surface area contributed by atoms with Crippen LogP contribution in [-0.4, -0.2) is 35.6 Å². The number of nitrogens with zero attached hydrogens (tertiary/aromatic N) is 2. The third-order valence-electron chi connectivity index (χ3n) is 3.93. The summed E-state index contributed by atoms with van der Waals surface area (Å²) < 4.78 is 7.39. The largest absolute Gasteiger partial charge is 0.374 e.